The molecule has 17 heavy (non-hydrogen) atoms. The van der Waals surface area contributed by atoms with Crippen molar-refractivity contribution in [2.45, 2.75) is 45.4 Å². The van der Waals surface area contributed by atoms with Gasteiger partial charge in [0, 0.05) is 19.3 Å². The Kier molecular flexibility index (Phi) is 4.15. The van der Waals surface area contributed by atoms with E-state index in [0.717, 1.165) is 18.8 Å². The van der Waals surface area contributed by atoms with Crippen LogP contribution in [-0.4, -0.2) is 22.5 Å². The van der Waals surface area contributed by atoms with E-state index in [1.807, 2.05) is 23.9 Å². The number of ether oxygens (including phenoxy) is 1. The van der Waals surface area contributed by atoms with Crippen LogP contribution in [0.15, 0.2) is 12.3 Å². The predicted molar refractivity (Wildman–Crippen MR) is 66.1 cm³/mol. The van der Waals surface area contributed by atoms with E-state index in [4.69, 9.17) is 10.6 Å². The lowest BCUT2D eigenvalue weighted by Crippen LogP contribution is -2.40. The highest BCUT2D eigenvalue weighted by molar-refractivity contribution is 5.11. The molecule has 0 amide bonds. The smallest absolute Gasteiger partial charge is 0.0893 e. The van der Waals surface area contributed by atoms with E-state index in [2.05, 4.69) is 17.4 Å². The van der Waals surface area contributed by atoms with Crippen molar-refractivity contribution in [3.8, 4) is 0 Å². The first kappa shape index (κ1) is 12.5. The van der Waals surface area contributed by atoms with Gasteiger partial charge in [0.05, 0.1) is 17.8 Å². The maximum atomic E-state index is 5.86. The van der Waals surface area contributed by atoms with Crippen LogP contribution in [0.1, 0.15) is 38.4 Å². The molecule has 1 aliphatic rings. The highest BCUT2D eigenvalue weighted by Gasteiger charge is 2.38. The zero-order chi connectivity index (χ0) is 12.3. The SMILES string of the molecule is CCOC(C1CC1)C(NN)c1ccnn1CC. The molecule has 0 radical (unpaired) electrons. The lowest BCUT2D eigenvalue weighted by molar-refractivity contribution is 0.0163. The molecule has 96 valence electrons. The van der Waals surface area contributed by atoms with Crippen LogP contribution < -0.4 is 11.3 Å². The Bertz CT molecular complexity index is 348. The molecule has 5 nitrogen and oxygen atoms in total. The largest absolute Gasteiger partial charge is 0.376 e. The van der Waals surface area contributed by atoms with Crippen molar-refractivity contribution in [1.29, 1.82) is 0 Å². The van der Waals surface area contributed by atoms with Gasteiger partial charge in [-0.05, 0) is 38.7 Å². The van der Waals surface area contributed by atoms with Crippen molar-refractivity contribution in [1.82, 2.24) is 15.2 Å². The lowest BCUT2D eigenvalue weighted by atomic mass is 10.0. The molecular formula is C12H22N4O. The monoisotopic (exact) mass is 238 g/mol. The Morgan fingerprint density at radius 2 is 2.35 bits per heavy atom. The van der Waals surface area contributed by atoms with E-state index >= 15 is 0 Å². The second kappa shape index (κ2) is 5.62. The molecule has 0 saturated heterocycles. The van der Waals surface area contributed by atoms with Crippen LogP contribution in [0.4, 0.5) is 0 Å². The van der Waals surface area contributed by atoms with E-state index in [1.165, 1.54) is 12.8 Å². The number of rotatable bonds is 7. The average molecular weight is 238 g/mol. The first-order valence-corrected chi connectivity index (χ1v) is 6.41. The third-order valence-electron chi connectivity index (χ3n) is 3.32. The summed E-state index contributed by atoms with van der Waals surface area (Å²) < 4.78 is 7.83. The molecule has 3 N–H and O–H groups in total. The minimum atomic E-state index is 0.0323. The summed E-state index contributed by atoms with van der Waals surface area (Å²) in [5.41, 5.74) is 4.01. The van der Waals surface area contributed by atoms with Gasteiger partial charge in [0.2, 0.25) is 0 Å². The topological polar surface area (TPSA) is 65.1 Å². The fourth-order valence-electron chi connectivity index (χ4n) is 2.34. The molecule has 1 fully saturated rings. The number of nitrogens with one attached hydrogen (secondary N) is 1. The van der Waals surface area contributed by atoms with Gasteiger partial charge < -0.3 is 4.74 Å². The van der Waals surface area contributed by atoms with Crippen molar-refractivity contribution in [2.75, 3.05) is 6.61 Å². The molecule has 1 aliphatic carbocycles. The number of nitrogens with two attached hydrogens (primary N) is 1. The highest BCUT2D eigenvalue weighted by Crippen LogP contribution is 2.39. The number of hydrazine groups is 1. The maximum absolute atomic E-state index is 5.86. The lowest BCUT2D eigenvalue weighted by Gasteiger charge is -2.27. The summed E-state index contributed by atoms with van der Waals surface area (Å²) >= 11 is 0. The summed E-state index contributed by atoms with van der Waals surface area (Å²) in [6, 6.07) is 2.05. The molecule has 0 aliphatic heterocycles. The minimum absolute atomic E-state index is 0.0323. The van der Waals surface area contributed by atoms with Gasteiger partial charge in [-0.3, -0.25) is 10.5 Å². The van der Waals surface area contributed by atoms with Gasteiger partial charge in [-0.25, -0.2) is 5.43 Å². The minimum Gasteiger partial charge on any atom is -0.376 e. The molecular weight excluding hydrogens is 216 g/mol. The molecule has 1 heterocycles. The fraction of sp³-hybridized carbons (Fsp3) is 0.750. The molecule has 0 bridgehead atoms. The molecule has 1 aromatic heterocycles. The molecule has 0 spiro atoms. The Labute approximate surface area is 102 Å². The Morgan fingerprint density at radius 1 is 1.59 bits per heavy atom. The standard InChI is InChI=1S/C12H22N4O/c1-3-16-10(7-8-14-16)11(15-13)12(17-4-2)9-5-6-9/h7-9,11-12,15H,3-6,13H2,1-2H3. The number of aromatic nitrogens is 2. The van der Waals surface area contributed by atoms with E-state index in [0.29, 0.717) is 5.92 Å². The van der Waals surface area contributed by atoms with E-state index in [9.17, 15) is 0 Å². The third-order valence-corrected chi connectivity index (χ3v) is 3.32. The van der Waals surface area contributed by atoms with Crippen molar-refractivity contribution in [3.63, 3.8) is 0 Å². The Balaban J connectivity index is 2.18. The van der Waals surface area contributed by atoms with Crippen LogP contribution in [0, 0.1) is 5.92 Å². The van der Waals surface area contributed by atoms with Crippen LogP contribution >= 0.6 is 0 Å². The van der Waals surface area contributed by atoms with Crippen LogP contribution in [0.3, 0.4) is 0 Å². The first-order chi connectivity index (χ1) is 8.31. The summed E-state index contributed by atoms with van der Waals surface area (Å²) in [6.45, 7) is 5.68. The first-order valence-electron chi connectivity index (χ1n) is 6.41. The quantitative estimate of drug-likeness (QED) is 0.554. The van der Waals surface area contributed by atoms with Crippen LogP contribution in [0.2, 0.25) is 0 Å². The van der Waals surface area contributed by atoms with Gasteiger partial charge in [0.25, 0.3) is 0 Å². The highest BCUT2D eigenvalue weighted by atomic mass is 16.5. The second-order valence-corrected chi connectivity index (χ2v) is 4.47. The van der Waals surface area contributed by atoms with Gasteiger partial charge in [-0.1, -0.05) is 0 Å². The Hall–Kier alpha value is -0.910. The number of hydrogen-bond donors (Lipinski definition) is 2. The van der Waals surface area contributed by atoms with Crippen molar-refractivity contribution in [3.05, 3.63) is 18.0 Å². The average Bonchev–Trinajstić information content (AvgIpc) is 3.08. The Morgan fingerprint density at radius 3 is 2.88 bits per heavy atom. The van der Waals surface area contributed by atoms with Crippen molar-refractivity contribution in [2.24, 2.45) is 11.8 Å². The van der Waals surface area contributed by atoms with E-state index in [-0.39, 0.29) is 12.1 Å². The molecule has 2 rings (SSSR count). The van der Waals surface area contributed by atoms with Crippen LogP contribution in [0.25, 0.3) is 0 Å². The van der Waals surface area contributed by atoms with Crippen molar-refractivity contribution >= 4 is 0 Å². The number of hydrogen-bond acceptors (Lipinski definition) is 4. The van der Waals surface area contributed by atoms with Gasteiger partial charge in [-0.15, -0.1) is 0 Å². The zero-order valence-electron chi connectivity index (χ0n) is 10.6. The second-order valence-electron chi connectivity index (χ2n) is 4.47. The number of aryl methyl sites for hydroxylation is 1. The third kappa shape index (κ3) is 2.68. The van der Waals surface area contributed by atoms with E-state index < -0.39 is 0 Å². The predicted octanol–water partition coefficient (Wildman–Crippen LogP) is 1.22. The zero-order valence-corrected chi connectivity index (χ0v) is 10.6. The molecule has 1 saturated carbocycles. The summed E-state index contributed by atoms with van der Waals surface area (Å²) in [6.07, 6.45) is 4.46. The van der Waals surface area contributed by atoms with Gasteiger partial charge >= 0.3 is 0 Å². The summed E-state index contributed by atoms with van der Waals surface area (Å²) in [5, 5.41) is 4.29. The summed E-state index contributed by atoms with van der Waals surface area (Å²) in [7, 11) is 0. The number of nitrogens with zero attached hydrogens (tertiary/aromatic N) is 2. The normalized spacial score (nSPS) is 19.2. The molecule has 2 unspecified atom stereocenters. The fourth-order valence-corrected chi connectivity index (χ4v) is 2.34. The summed E-state index contributed by atoms with van der Waals surface area (Å²) in [5.74, 6) is 6.35. The molecule has 0 aromatic carbocycles. The van der Waals surface area contributed by atoms with Crippen molar-refractivity contribution < 1.29 is 4.74 Å². The van der Waals surface area contributed by atoms with Gasteiger partial charge in [-0.2, -0.15) is 5.10 Å². The molecule has 5 heteroatoms. The van der Waals surface area contributed by atoms with Gasteiger partial charge in [0.15, 0.2) is 0 Å². The maximum Gasteiger partial charge on any atom is 0.0893 e. The van der Waals surface area contributed by atoms with Crippen LogP contribution in [0.5, 0.6) is 0 Å². The molecule has 1 aromatic rings. The van der Waals surface area contributed by atoms with Crippen LogP contribution in [-0.2, 0) is 11.3 Å². The molecule has 2 atom stereocenters. The summed E-state index contributed by atoms with van der Waals surface area (Å²) in [4.78, 5) is 0. The van der Waals surface area contributed by atoms with Gasteiger partial charge in [0.1, 0.15) is 0 Å². The van der Waals surface area contributed by atoms with E-state index in [1.54, 1.807) is 0 Å².